The Labute approximate surface area is 124 Å². The zero-order valence-corrected chi connectivity index (χ0v) is 11.6. The first-order valence-electron chi connectivity index (χ1n) is 6.40. The molecule has 0 bridgehead atoms. The molecule has 1 aliphatic heterocycles. The van der Waals surface area contributed by atoms with Crippen LogP contribution in [0.5, 0.6) is 0 Å². The van der Waals surface area contributed by atoms with E-state index in [9.17, 15) is 0 Å². The van der Waals surface area contributed by atoms with E-state index in [2.05, 4.69) is 4.98 Å². The Hall–Kier alpha value is -2.59. The Morgan fingerprint density at radius 3 is 2.67 bits per heavy atom. The minimum atomic E-state index is 0.244. The second-order valence-electron chi connectivity index (χ2n) is 4.85. The number of hydrogen-bond donors (Lipinski definition) is 2. The van der Waals surface area contributed by atoms with Crippen LogP contribution in [0.2, 0.25) is 5.02 Å². The van der Waals surface area contributed by atoms with Crippen LogP contribution in [0.15, 0.2) is 46.9 Å². The van der Waals surface area contributed by atoms with Crippen LogP contribution in [0.3, 0.4) is 0 Å². The molecule has 1 aliphatic carbocycles. The predicted octanol–water partition coefficient (Wildman–Crippen LogP) is 3.80. The molecule has 0 saturated carbocycles. The molecule has 3 N–H and O–H groups in total. The number of anilines is 1. The fourth-order valence-corrected chi connectivity index (χ4v) is 2.73. The highest BCUT2D eigenvalue weighted by molar-refractivity contribution is 6.34. The van der Waals surface area contributed by atoms with Crippen LogP contribution in [0.4, 0.5) is 5.69 Å². The highest BCUT2D eigenvalue weighted by atomic mass is 35.5. The Morgan fingerprint density at radius 2 is 1.86 bits per heavy atom. The summed E-state index contributed by atoms with van der Waals surface area (Å²) in [6.45, 7) is 0. The van der Waals surface area contributed by atoms with Gasteiger partial charge in [0, 0.05) is 22.5 Å². The van der Waals surface area contributed by atoms with Crippen LogP contribution in [0.25, 0.3) is 33.3 Å². The normalized spacial score (nSPS) is 11.5. The standard InChI is InChI=1S/C16H10ClN3O/c17-13-14(19)9-3-1-2-4-10(9)15-16(13)21-12-7-8(18)5-6-11(12)20-15/h1-7,19H,18H2. The predicted molar refractivity (Wildman–Crippen MR) is 83.4 cm³/mol. The molecule has 0 radical (unpaired) electrons. The van der Waals surface area contributed by atoms with E-state index in [1.807, 2.05) is 30.3 Å². The number of halogens is 1. The van der Waals surface area contributed by atoms with Crippen LogP contribution in [0.1, 0.15) is 0 Å². The molecule has 102 valence electrons. The maximum Gasteiger partial charge on any atom is 0.174 e. The van der Waals surface area contributed by atoms with Crippen molar-refractivity contribution in [2.45, 2.75) is 0 Å². The van der Waals surface area contributed by atoms with E-state index in [0.717, 1.165) is 10.8 Å². The van der Waals surface area contributed by atoms with Gasteiger partial charge >= 0.3 is 0 Å². The smallest absolute Gasteiger partial charge is 0.174 e. The lowest BCUT2D eigenvalue weighted by Gasteiger charge is -2.12. The minimum absolute atomic E-state index is 0.244. The Bertz CT molecular complexity index is 1040. The van der Waals surface area contributed by atoms with Gasteiger partial charge in [0.1, 0.15) is 16.2 Å². The van der Waals surface area contributed by atoms with Crippen molar-refractivity contribution in [2.24, 2.45) is 0 Å². The number of nitrogens with zero attached hydrogens (tertiary/aromatic N) is 1. The molecule has 1 heterocycles. The lowest BCUT2D eigenvalue weighted by molar-refractivity contribution is 0.614. The summed E-state index contributed by atoms with van der Waals surface area (Å²) in [6, 6.07) is 12.8. The summed E-state index contributed by atoms with van der Waals surface area (Å²) in [5.41, 5.74) is 8.28. The number of nitrogen functional groups attached to an aromatic ring is 1. The summed E-state index contributed by atoms with van der Waals surface area (Å²) in [7, 11) is 0. The van der Waals surface area contributed by atoms with Gasteiger partial charge in [0.15, 0.2) is 11.3 Å². The fraction of sp³-hybridized carbons (Fsp3) is 0. The van der Waals surface area contributed by atoms with Gasteiger partial charge in [-0.1, -0.05) is 35.9 Å². The van der Waals surface area contributed by atoms with Gasteiger partial charge in [0.2, 0.25) is 0 Å². The van der Waals surface area contributed by atoms with Gasteiger partial charge in [-0.05, 0) is 12.1 Å². The van der Waals surface area contributed by atoms with Gasteiger partial charge in [0.05, 0.1) is 5.36 Å². The molecule has 0 aromatic heterocycles. The van der Waals surface area contributed by atoms with E-state index in [1.165, 1.54) is 0 Å². The van der Waals surface area contributed by atoms with E-state index in [-0.39, 0.29) is 10.4 Å². The molecule has 0 saturated heterocycles. The molecule has 2 aliphatic rings. The summed E-state index contributed by atoms with van der Waals surface area (Å²) in [5, 5.41) is 10.3. The molecule has 5 heteroatoms. The van der Waals surface area contributed by atoms with Gasteiger partial charge in [-0.15, -0.1) is 0 Å². The van der Waals surface area contributed by atoms with E-state index >= 15 is 0 Å². The first-order chi connectivity index (χ1) is 10.1. The molecular weight excluding hydrogens is 286 g/mol. The van der Waals surface area contributed by atoms with Crippen LogP contribution in [0, 0.1) is 5.41 Å². The van der Waals surface area contributed by atoms with Crippen molar-refractivity contribution in [3.8, 4) is 11.5 Å². The lowest BCUT2D eigenvalue weighted by atomic mass is 10.0. The summed E-state index contributed by atoms with van der Waals surface area (Å²) >= 11 is 6.29. The molecule has 0 spiro atoms. The van der Waals surface area contributed by atoms with Gasteiger partial charge in [-0.2, -0.15) is 0 Å². The van der Waals surface area contributed by atoms with Crippen molar-refractivity contribution in [3.63, 3.8) is 0 Å². The van der Waals surface area contributed by atoms with Crippen LogP contribution in [-0.4, -0.2) is 4.98 Å². The van der Waals surface area contributed by atoms with Gasteiger partial charge in [-0.3, -0.25) is 5.41 Å². The molecule has 0 amide bonds. The topological polar surface area (TPSA) is 75.9 Å². The number of aromatic nitrogens is 1. The van der Waals surface area contributed by atoms with Crippen molar-refractivity contribution < 1.29 is 4.42 Å². The highest BCUT2D eigenvalue weighted by Crippen LogP contribution is 2.35. The first kappa shape index (κ1) is 12.2. The number of nitrogens with two attached hydrogens (primary N) is 1. The van der Waals surface area contributed by atoms with E-state index in [4.69, 9.17) is 27.2 Å². The maximum absolute atomic E-state index is 8.18. The molecule has 0 unspecified atom stereocenters. The monoisotopic (exact) mass is 295 g/mol. The third-order valence-electron chi connectivity index (χ3n) is 3.51. The SMILES string of the molecule is N=c1c(Cl)c2oc3cc(N)ccc3nc-2c2ccccc12. The third kappa shape index (κ3) is 1.69. The van der Waals surface area contributed by atoms with Gasteiger partial charge in [0.25, 0.3) is 0 Å². The van der Waals surface area contributed by atoms with Gasteiger partial charge in [-0.25, -0.2) is 4.98 Å². The highest BCUT2D eigenvalue weighted by Gasteiger charge is 2.19. The number of nitrogens with one attached hydrogen (secondary N) is 1. The summed E-state index contributed by atoms with van der Waals surface area (Å²) in [4.78, 5) is 4.63. The van der Waals surface area contributed by atoms with Crippen molar-refractivity contribution in [2.75, 3.05) is 5.73 Å². The lowest BCUT2D eigenvalue weighted by Crippen LogP contribution is -2.07. The Balaban J connectivity index is 2.30. The van der Waals surface area contributed by atoms with Crippen LogP contribution in [-0.2, 0) is 0 Å². The average Bonchev–Trinajstić information content (AvgIpc) is 2.51. The number of rotatable bonds is 0. The van der Waals surface area contributed by atoms with Crippen molar-refractivity contribution >= 4 is 39.2 Å². The maximum atomic E-state index is 8.18. The molecule has 21 heavy (non-hydrogen) atoms. The van der Waals surface area contributed by atoms with Crippen LogP contribution >= 0.6 is 11.6 Å². The zero-order chi connectivity index (χ0) is 14.6. The largest absolute Gasteiger partial charge is 0.451 e. The molecule has 2 aromatic rings. The summed E-state index contributed by atoms with van der Waals surface area (Å²) in [5.74, 6) is 0.415. The number of fused-ring (bicyclic) bond motifs is 4. The Morgan fingerprint density at radius 1 is 1.10 bits per heavy atom. The second-order valence-corrected chi connectivity index (χ2v) is 5.23. The Kier molecular flexibility index (Phi) is 2.43. The molecule has 4 rings (SSSR count). The van der Waals surface area contributed by atoms with E-state index in [0.29, 0.717) is 28.2 Å². The van der Waals surface area contributed by atoms with Gasteiger partial charge < -0.3 is 10.2 Å². The zero-order valence-electron chi connectivity index (χ0n) is 10.9. The van der Waals surface area contributed by atoms with Crippen LogP contribution < -0.4 is 11.1 Å². The average molecular weight is 296 g/mol. The second kappa shape index (κ2) is 4.20. The number of hydrogen-bond acceptors (Lipinski definition) is 4. The van der Waals surface area contributed by atoms with Crippen molar-refractivity contribution in [1.29, 1.82) is 5.41 Å². The van der Waals surface area contributed by atoms with E-state index < -0.39 is 0 Å². The minimum Gasteiger partial charge on any atom is -0.451 e. The molecular formula is C16H10ClN3O. The van der Waals surface area contributed by atoms with E-state index in [1.54, 1.807) is 12.1 Å². The van der Waals surface area contributed by atoms with Crippen molar-refractivity contribution in [3.05, 3.63) is 52.8 Å². The first-order valence-corrected chi connectivity index (χ1v) is 6.78. The molecule has 2 aromatic carbocycles. The fourth-order valence-electron chi connectivity index (χ4n) is 2.51. The molecule has 4 nitrogen and oxygen atoms in total. The third-order valence-corrected chi connectivity index (χ3v) is 3.87. The summed E-state index contributed by atoms with van der Waals surface area (Å²) < 4.78 is 5.85. The van der Waals surface area contributed by atoms with Crippen molar-refractivity contribution in [1.82, 2.24) is 4.98 Å². The molecule has 0 fully saturated rings. The quantitative estimate of drug-likeness (QED) is 0.294. The summed E-state index contributed by atoms with van der Waals surface area (Å²) in [6.07, 6.45) is 0. The number of benzene rings is 3. The molecule has 0 atom stereocenters.